The Balaban J connectivity index is 1.59. The molecule has 0 fully saturated rings. The summed E-state index contributed by atoms with van der Waals surface area (Å²) in [5, 5.41) is 13.5. The number of halogens is 2. The molecule has 0 aliphatic rings. The summed E-state index contributed by atoms with van der Waals surface area (Å²) in [6, 6.07) is 21.2. The van der Waals surface area contributed by atoms with E-state index >= 15 is 0 Å². The molecule has 0 spiro atoms. The van der Waals surface area contributed by atoms with E-state index in [0.717, 1.165) is 27.9 Å². The Bertz CT molecular complexity index is 1270. The standard InChI is InChI=1S/C25H22Cl2N4OS/c1-16-7-6-8-17(2)23(16)28-22(32)15-33-25-30-29-24(20-12-11-19(26)13-21(20)27)31(25)14-18-9-4-3-5-10-18/h3-13H,14-15H2,1-2H3,(H,28,32). The quantitative estimate of drug-likeness (QED) is 0.291. The molecule has 1 amide bonds. The molecule has 4 aromatic rings. The van der Waals surface area contributed by atoms with Crippen LogP contribution in [0.3, 0.4) is 0 Å². The van der Waals surface area contributed by atoms with Crippen molar-refractivity contribution in [2.45, 2.75) is 25.5 Å². The maximum Gasteiger partial charge on any atom is 0.234 e. The molecule has 0 aliphatic carbocycles. The van der Waals surface area contributed by atoms with E-state index in [1.165, 1.54) is 11.8 Å². The summed E-state index contributed by atoms with van der Waals surface area (Å²) in [6.45, 7) is 4.51. The van der Waals surface area contributed by atoms with E-state index in [-0.39, 0.29) is 11.7 Å². The molecule has 168 valence electrons. The Labute approximate surface area is 207 Å². The fourth-order valence-corrected chi connectivity index (χ4v) is 4.72. The summed E-state index contributed by atoms with van der Waals surface area (Å²) < 4.78 is 1.97. The summed E-state index contributed by atoms with van der Waals surface area (Å²) in [4.78, 5) is 12.7. The minimum atomic E-state index is -0.0993. The van der Waals surface area contributed by atoms with Crippen molar-refractivity contribution < 1.29 is 4.79 Å². The van der Waals surface area contributed by atoms with Crippen LogP contribution < -0.4 is 5.32 Å². The van der Waals surface area contributed by atoms with Crippen LogP contribution in [0.4, 0.5) is 5.69 Å². The van der Waals surface area contributed by atoms with Crippen molar-refractivity contribution in [3.8, 4) is 11.4 Å². The number of para-hydroxylation sites is 1. The molecule has 1 heterocycles. The predicted molar refractivity (Wildman–Crippen MR) is 136 cm³/mol. The number of carbonyl (C=O) groups excluding carboxylic acids is 1. The number of carbonyl (C=O) groups is 1. The van der Waals surface area contributed by atoms with Crippen LogP contribution in [0.2, 0.25) is 10.0 Å². The maximum atomic E-state index is 12.7. The summed E-state index contributed by atoms with van der Waals surface area (Å²) in [5.41, 5.74) is 4.73. The lowest BCUT2D eigenvalue weighted by Crippen LogP contribution is -2.16. The molecule has 0 aliphatic heterocycles. The number of thioether (sulfide) groups is 1. The Hall–Kier alpha value is -2.80. The Kier molecular flexibility index (Phi) is 7.38. The van der Waals surface area contributed by atoms with Crippen LogP contribution in [0.25, 0.3) is 11.4 Å². The number of rotatable bonds is 7. The molecule has 1 aromatic heterocycles. The number of hydrogen-bond donors (Lipinski definition) is 1. The van der Waals surface area contributed by atoms with Crippen LogP contribution in [-0.4, -0.2) is 26.4 Å². The van der Waals surface area contributed by atoms with Gasteiger partial charge in [0.2, 0.25) is 5.91 Å². The van der Waals surface area contributed by atoms with Crippen LogP contribution in [0, 0.1) is 13.8 Å². The zero-order chi connectivity index (χ0) is 23.4. The van der Waals surface area contributed by atoms with E-state index in [2.05, 4.69) is 15.5 Å². The number of benzene rings is 3. The van der Waals surface area contributed by atoms with Gasteiger partial charge in [-0.15, -0.1) is 10.2 Å². The number of nitrogens with zero attached hydrogens (tertiary/aromatic N) is 3. The SMILES string of the molecule is Cc1cccc(C)c1NC(=O)CSc1nnc(-c2ccc(Cl)cc2Cl)n1Cc1ccccc1. The van der Waals surface area contributed by atoms with Crippen molar-refractivity contribution in [1.29, 1.82) is 0 Å². The number of amides is 1. The molecule has 0 atom stereocenters. The first-order valence-corrected chi connectivity index (χ1v) is 12.1. The van der Waals surface area contributed by atoms with Gasteiger partial charge < -0.3 is 5.32 Å². The largest absolute Gasteiger partial charge is 0.325 e. The summed E-state index contributed by atoms with van der Waals surface area (Å²) in [5.74, 6) is 0.727. The average molecular weight is 497 g/mol. The van der Waals surface area contributed by atoms with Gasteiger partial charge in [-0.1, -0.05) is 83.5 Å². The second-order valence-electron chi connectivity index (χ2n) is 7.61. The number of aryl methyl sites for hydroxylation is 2. The topological polar surface area (TPSA) is 59.8 Å². The average Bonchev–Trinajstić information content (AvgIpc) is 3.18. The number of hydrogen-bond acceptors (Lipinski definition) is 4. The third kappa shape index (κ3) is 5.58. The molecule has 33 heavy (non-hydrogen) atoms. The normalized spacial score (nSPS) is 10.9. The Morgan fingerprint density at radius 2 is 1.70 bits per heavy atom. The van der Waals surface area contributed by atoms with E-state index in [9.17, 15) is 4.79 Å². The van der Waals surface area contributed by atoms with Gasteiger partial charge in [0.1, 0.15) is 0 Å². The minimum absolute atomic E-state index is 0.0993. The van der Waals surface area contributed by atoms with Crippen molar-refractivity contribution in [2.75, 3.05) is 11.1 Å². The van der Waals surface area contributed by atoms with Gasteiger partial charge in [-0.2, -0.15) is 0 Å². The number of anilines is 1. The van der Waals surface area contributed by atoms with Gasteiger partial charge in [-0.05, 0) is 48.7 Å². The monoisotopic (exact) mass is 496 g/mol. The summed E-state index contributed by atoms with van der Waals surface area (Å²) in [7, 11) is 0. The molecule has 3 aromatic carbocycles. The molecule has 1 N–H and O–H groups in total. The molecule has 0 saturated heterocycles. The molecule has 5 nitrogen and oxygen atoms in total. The second kappa shape index (κ2) is 10.4. The van der Waals surface area contributed by atoms with Crippen molar-refractivity contribution in [2.24, 2.45) is 0 Å². The van der Waals surface area contributed by atoms with Crippen molar-refractivity contribution in [3.05, 3.63) is 93.5 Å². The van der Waals surface area contributed by atoms with Gasteiger partial charge in [-0.3, -0.25) is 9.36 Å². The van der Waals surface area contributed by atoms with E-state index in [4.69, 9.17) is 23.2 Å². The third-order valence-electron chi connectivity index (χ3n) is 5.15. The maximum absolute atomic E-state index is 12.7. The lowest BCUT2D eigenvalue weighted by molar-refractivity contribution is -0.113. The highest BCUT2D eigenvalue weighted by molar-refractivity contribution is 7.99. The fraction of sp³-hybridized carbons (Fsp3) is 0.160. The predicted octanol–water partition coefficient (Wildman–Crippen LogP) is 6.65. The second-order valence-corrected chi connectivity index (χ2v) is 9.39. The first kappa shape index (κ1) is 23.4. The molecule has 0 radical (unpaired) electrons. The number of aromatic nitrogens is 3. The lowest BCUT2D eigenvalue weighted by Gasteiger charge is -2.13. The highest BCUT2D eigenvalue weighted by Gasteiger charge is 2.18. The van der Waals surface area contributed by atoms with Gasteiger partial charge in [-0.25, -0.2) is 0 Å². The van der Waals surface area contributed by atoms with Crippen LogP contribution in [0.5, 0.6) is 0 Å². The Morgan fingerprint density at radius 1 is 0.970 bits per heavy atom. The van der Waals surface area contributed by atoms with Crippen LogP contribution in [0.1, 0.15) is 16.7 Å². The molecule has 0 unspecified atom stereocenters. The Morgan fingerprint density at radius 3 is 2.39 bits per heavy atom. The molecule has 4 rings (SSSR count). The fourth-order valence-electron chi connectivity index (χ4n) is 3.49. The van der Waals surface area contributed by atoms with Crippen molar-refractivity contribution in [1.82, 2.24) is 14.8 Å². The highest BCUT2D eigenvalue weighted by Crippen LogP contribution is 2.32. The minimum Gasteiger partial charge on any atom is -0.325 e. The van der Waals surface area contributed by atoms with E-state index < -0.39 is 0 Å². The zero-order valence-electron chi connectivity index (χ0n) is 18.2. The molecular weight excluding hydrogens is 475 g/mol. The van der Waals surface area contributed by atoms with Gasteiger partial charge in [0.05, 0.1) is 17.3 Å². The van der Waals surface area contributed by atoms with Crippen molar-refractivity contribution >= 4 is 46.6 Å². The first-order valence-electron chi connectivity index (χ1n) is 10.3. The molecular formula is C25H22Cl2N4OS. The molecule has 0 saturated carbocycles. The van der Waals surface area contributed by atoms with E-state index in [0.29, 0.717) is 27.6 Å². The molecule has 8 heteroatoms. The van der Waals surface area contributed by atoms with Gasteiger partial charge >= 0.3 is 0 Å². The van der Waals surface area contributed by atoms with Gasteiger partial charge in [0, 0.05) is 16.3 Å². The van der Waals surface area contributed by atoms with Crippen LogP contribution >= 0.6 is 35.0 Å². The summed E-state index contributed by atoms with van der Waals surface area (Å²) >= 11 is 13.9. The number of nitrogens with one attached hydrogen (secondary N) is 1. The van der Waals surface area contributed by atoms with Crippen LogP contribution in [0.15, 0.2) is 71.9 Å². The van der Waals surface area contributed by atoms with E-state index in [1.807, 2.05) is 73.0 Å². The van der Waals surface area contributed by atoms with Gasteiger partial charge in [0.25, 0.3) is 0 Å². The zero-order valence-corrected chi connectivity index (χ0v) is 20.5. The van der Waals surface area contributed by atoms with E-state index in [1.54, 1.807) is 12.1 Å². The van der Waals surface area contributed by atoms with Crippen molar-refractivity contribution in [3.63, 3.8) is 0 Å². The smallest absolute Gasteiger partial charge is 0.234 e. The third-order valence-corrected chi connectivity index (χ3v) is 6.66. The lowest BCUT2D eigenvalue weighted by atomic mass is 10.1. The van der Waals surface area contributed by atoms with Gasteiger partial charge in [0.15, 0.2) is 11.0 Å². The molecule has 0 bridgehead atoms. The highest BCUT2D eigenvalue weighted by atomic mass is 35.5. The first-order chi connectivity index (χ1) is 15.9. The van der Waals surface area contributed by atoms with Crippen LogP contribution in [-0.2, 0) is 11.3 Å². The summed E-state index contributed by atoms with van der Waals surface area (Å²) in [6.07, 6.45) is 0.